The highest BCUT2D eigenvalue weighted by molar-refractivity contribution is 8.06. The van der Waals surface area contributed by atoms with Crippen molar-refractivity contribution in [3.63, 3.8) is 0 Å². The van der Waals surface area contributed by atoms with Crippen LogP contribution in [-0.4, -0.2) is 36.2 Å². The van der Waals surface area contributed by atoms with Gasteiger partial charge in [0.2, 0.25) is 0 Å². The SMILES string of the molecule is C/C=C\CCl.C=C(Nc1cccc(SCCC2CCCN2C)c1)S/C(CC(=C)C(=C)Cl)=C(\C)N. The van der Waals surface area contributed by atoms with Gasteiger partial charge in [-0.2, -0.15) is 0 Å². The van der Waals surface area contributed by atoms with E-state index in [2.05, 4.69) is 61.3 Å². The Morgan fingerprint density at radius 1 is 1.32 bits per heavy atom. The maximum Gasteiger partial charge on any atom is 0.0698 e. The van der Waals surface area contributed by atoms with Gasteiger partial charge in [-0.3, -0.25) is 0 Å². The van der Waals surface area contributed by atoms with Crippen molar-refractivity contribution >= 4 is 52.4 Å². The van der Waals surface area contributed by atoms with Gasteiger partial charge >= 0.3 is 0 Å². The lowest BCUT2D eigenvalue weighted by molar-refractivity contribution is 0.305. The highest BCUT2D eigenvalue weighted by Crippen LogP contribution is 2.34. The van der Waals surface area contributed by atoms with E-state index in [4.69, 9.17) is 28.9 Å². The standard InChI is InChI=1S/C23H32ClN3S2.C4H7Cl/c1-16(17(2)24)14-23(18(3)25)29-19(4)26-20-8-6-10-22(15-20)28-13-11-21-9-7-12-27(21)5;1-2-3-4-5/h6,8,10,15,21,26H,1-2,4,7,9,11-14,25H2,3,5H3;2-3H,4H2,1H3/b23-18+;3-2-. The first-order valence-corrected chi connectivity index (χ1v) is 14.1. The van der Waals surface area contributed by atoms with Crippen molar-refractivity contribution in [3.8, 4) is 0 Å². The molecule has 1 aliphatic rings. The summed E-state index contributed by atoms with van der Waals surface area (Å²) in [5, 5.41) is 4.65. The van der Waals surface area contributed by atoms with Crippen molar-refractivity contribution in [1.82, 2.24) is 4.90 Å². The molecule has 1 aromatic carbocycles. The minimum absolute atomic E-state index is 0.455. The Morgan fingerprint density at radius 3 is 2.59 bits per heavy atom. The van der Waals surface area contributed by atoms with Gasteiger partial charge in [0.05, 0.1) is 5.03 Å². The van der Waals surface area contributed by atoms with Gasteiger partial charge in [0, 0.05) is 44.6 Å². The lowest BCUT2D eigenvalue weighted by Crippen LogP contribution is -2.25. The van der Waals surface area contributed by atoms with Crippen LogP contribution in [0, 0.1) is 0 Å². The first-order valence-electron chi connectivity index (χ1n) is 11.4. The molecular formula is C27H39Cl2N3S2. The lowest BCUT2D eigenvalue weighted by atomic mass is 10.2. The third kappa shape index (κ3) is 12.5. The molecule has 0 radical (unpaired) electrons. The van der Waals surface area contributed by atoms with Gasteiger partial charge in [-0.1, -0.05) is 61.3 Å². The molecule has 34 heavy (non-hydrogen) atoms. The van der Waals surface area contributed by atoms with E-state index in [0.29, 0.717) is 17.3 Å². The van der Waals surface area contributed by atoms with E-state index in [1.165, 1.54) is 42.5 Å². The van der Waals surface area contributed by atoms with Crippen molar-refractivity contribution in [2.24, 2.45) is 5.73 Å². The minimum atomic E-state index is 0.455. The summed E-state index contributed by atoms with van der Waals surface area (Å²) >= 11 is 14.6. The largest absolute Gasteiger partial charge is 0.402 e. The van der Waals surface area contributed by atoms with E-state index in [-0.39, 0.29) is 0 Å². The zero-order valence-electron chi connectivity index (χ0n) is 20.7. The Kier molecular flexibility index (Phi) is 15.6. The van der Waals surface area contributed by atoms with E-state index in [1.54, 1.807) is 0 Å². The fourth-order valence-electron chi connectivity index (χ4n) is 3.29. The summed E-state index contributed by atoms with van der Waals surface area (Å²) in [5.41, 5.74) is 8.56. The molecule has 1 saturated heterocycles. The molecule has 188 valence electrons. The number of likely N-dealkylation sites (tertiary alicyclic amines) is 1. The minimum Gasteiger partial charge on any atom is -0.402 e. The van der Waals surface area contributed by atoms with Gasteiger partial charge in [-0.15, -0.1) is 23.4 Å². The second-order valence-electron chi connectivity index (χ2n) is 8.11. The summed E-state index contributed by atoms with van der Waals surface area (Å²) in [6.07, 6.45) is 8.28. The van der Waals surface area contributed by atoms with E-state index in [1.807, 2.05) is 37.8 Å². The number of hydrogen-bond donors (Lipinski definition) is 2. The van der Waals surface area contributed by atoms with E-state index in [9.17, 15) is 0 Å². The predicted molar refractivity (Wildman–Crippen MR) is 159 cm³/mol. The average Bonchev–Trinajstić information content (AvgIpc) is 3.19. The molecule has 0 amide bonds. The van der Waals surface area contributed by atoms with Crippen LogP contribution in [0.1, 0.15) is 39.5 Å². The van der Waals surface area contributed by atoms with Crippen molar-refractivity contribution in [2.45, 2.75) is 50.5 Å². The van der Waals surface area contributed by atoms with Gasteiger partial charge in [0.1, 0.15) is 0 Å². The highest BCUT2D eigenvalue weighted by atomic mass is 35.5. The summed E-state index contributed by atoms with van der Waals surface area (Å²) < 4.78 is 0. The molecule has 1 fully saturated rings. The van der Waals surface area contributed by atoms with Crippen molar-refractivity contribution in [2.75, 3.05) is 30.5 Å². The number of hydrogen-bond acceptors (Lipinski definition) is 5. The summed E-state index contributed by atoms with van der Waals surface area (Å²) in [5.74, 6) is 1.77. The molecule has 1 heterocycles. The normalized spacial score (nSPS) is 16.6. The molecule has 2 rings (SSSR count). The van der Waals surface area contributed by atoms with Gasteiger partial charge < -0.3 is 16.0 Å². The molecular weight excluding hydrogens is 501 g/mol. The number of nitrogens with two attached hydrogens (primary N) is 1. The quantitative estimate of drug-likeness (QED) is 0.120. The molecule has 1 unspecified atom stereocenters. The number of rotatable bonds is 12. The molecule has 3 N–H and O–H groups in total. The Bertz CT molecular complexity index is 876. The van der Waals surface area contributed by atoms with Crippen LogP contribution >= 0.6 is 46.7 Å². The van der Waals surface area contributed by atoms with Crippen LogP contribution in [0.25, 0.3) is 0 Å². The van der Waals surface area contributed by atoms with Crippen molar-refractivity contribution < 1.29 is 0 Å². The molecule has 1 aromatic rings. The summed E-state index contributed by atoms with van der Waals surface area (Å²) in [7, 11) is 2.24. The molecule has 0 spiro atoms. The number of thioether (sulfide) groups is 2. The molecule has 0 bridgehead atoms. The number of anilines is 1. The highest BCUT2D eigenvalue weighted by Gasteiger charge is 2.20. The van der Waals surface area contributed by atoms with Crippen LogP contribution in [0.2, 0.25) is 0 Å². The van der Waals surface area contributed by atoms with Crippen LogP contribution < -0.4 is 11.1 Å². The maximum absolute atomic E-state index is 6.04. The molecule has 0 saturated carbocycles. The van der Waals surface area contributed by atoms with Crippen LogP contribution in [0.15, 0.2) is 87.3 Å². The van der Waals surface area contributed by atoms with Crippen molar-refractivity contribution in [3.05, 3.63) is 82.4 Å². The Hall–Kier alpha value is -1.24. The van der Waals surface area contributed by atoms with Gasteiger partial charge in [-0.25, -0.2) is 0 Å². The smallest absolute Gasteiger partial charge is 0.0698 e. The van der Waals surface area contributed by atoms with Crippen LogP contribution in [0.5, 0.6) is 0 Å². The van der Waals surface area contributed by atoms with Crippen LogP contribution in [0.3, 0.4) is 0 Å². The van der Waals surface area contributed by atoms with E-state index in [0.717, 1.165) is 38.7 Å². The summed E-state index contributed by atoms with van der Waals surface area (Å²) in [6.45, 7) is 16.9. The summed E-state index contributed by atoms with van der Waals surface area (Å²) in [4.78, 5) is 4.73. The molecule has 7 heteroatoms. The van der Waals surface area contributed by atoms with Gasteiger partial charge in [0.15, 0.2) is 0 Å². The zero-order valence-corrected chi connectivity index (χ0v) is 23.9. The molecule has 0 aromatic heterocycles. The topological polar surface area (TPSA) is 41.3 Å². The molecule has 3 nitrogen and oxygen atoms in total. The first kappa shape index (κ1) is 30.8. The fourth-order valence-corrected chi connectivity index (χ4v) is 5.42. The number of nitrogens with one attached hydrogen (secondary N) is 1. The van der Waals surface area contributed by atoms with Gasteiger partial charge in [0.25, 0.3) is 0 Å². The molecule has 1 atom stereocenters. The first-order chi connectivity index (χ1) is 16.2. The lowest BCUT2D eigenvalue weighted by Gasteiger charge is -2.19. The third-order valence-corrected chi connectivity index (χ3v) is 7.81. The Labute approximate surface area is 225 Å². The van der Waals surface area contributed by atoms with E-state index < -0.39 is 0 Å². The van der Waals surface area contributed by atoms with Crippen molar-refractivity contribution in [1.29, 1.82) is 0 Å². The van der Waals surface area contributed by atoms with Crippen LogP contribution in [-0.2, 0) is 0 Å². The third-order valence-electron chi connectivity index (χ3n) is 5.28. The number of alkyl halides is 1. The average molecular weight is 541 g/mol. The van der Waals surface area contributed by atoms with E-state index >= 15 is 0 Å². The summed E-state index contributed by atoms with van der Waals surface area (Å²) in [6, 6.07) is 9.21. The fraction of sp³-hybridized carbons (Fsp3) is 0.407. The number of allylic oxidation sites excluding steroid dienone is 6. The number of halogens is 2. The Morgan fingerprint density at radius 2 is 2.06 bits per heavy atom. The second kappa shape index (κ2) is 17.2. The second-order valence-corrected chi connectivity index (χ2v) is 11.2. The van der Waals surface area contributed by atoms with Crippen LogP contribution in [0.4, 0.5) is 5.69 Å². The molecule has 1 aliphatic heterocycles. The monoisotopic (exact) mass is 539 g/mol. The number of nitrogens with zero attached hydrogens (tertiary/aromatic N) is 1. The maximum atomic E-state index is 6.04. The zero-order chi connectivity index (χ0) is 25.5. The van der Waals surface area contributed by atoms with Gasteiger partial charge in [-0.05, 0) is 76.2 Å². The molecule has 0 aliphatic carbocycles. The Balaban J connectivity index is 0.00000104. The number of benzene rings is 1. The predicted octanol–water partition coefficient (Wildman–Crippen LogP) is 8.57.